The molecule has 0 saturated carbocycles. The number of carbonyl (C=O) groups excluding carboxylic acids is 1. The van der Waals surface area contributed by atoms with Crippen LogP contribution >= 0.6 is 0 Å². The summed E-state index contributed by atoms with van der Waals surface area (Å²) in [5, 5.41) is 6.31. The van der Waals surface area contributed by atoms with Gasteiger partial charge in [0, 0.05) is 38.0 Å². The summed E-state index contributed by atoms with van der Waals surface area (Å²) in [5.74, 6) is 1.73. The molecule has 0 aliphatic carbocycles. The van der Waals surface area contributed by atoms with Crippen LogP contribution in [0.3, 0.4) is 0 Å². The van der Waals surface area contributed by atoms with Crippen molar-refractivity contribution in [2.24, 2.45) is 0 Å². The maximum Gasteiger partial charge on any atom is 0.253 e. The Morgan fingerprint density at radius 3 is 2.86 bits per heavy atom. The SMILES string of the molecule is O=C(Nc1cccc(CNc2cc(N3CCCCC3)ncn2)c1)C1CCCO1. The number of hydrogen-bond donors (Lipinski definition) is 2. The van der Waals surface area contributed by atoms with E-state index in [9.17, 15) is 4.79 Å². The number of nitrogens with zero attached hydrogens (tertiary/aromatic N) is 3. The van der Waals surface area contributed by atoms with E-state index in [1.165, 1.54) is 19.3 Å². The molecule has 0 bridgehead atoms. The van der Waals surface area contributed by atoms with Gasteiger partial charge in [-0.25, -0.2) is 9.97 Å². The number of carbonyl (C=O) groups is 1. The fourth-order valence-corrected chi connectivity index (χ4v) is 3.70. The van der Waals surface area contributed by atoms with E-state index in [1.807, 2.05) is 30.3 Å². The Balaban J connectivity index is 1.35. The summed E-state index contributed by atoms with van der Waals surface area (Å²) in [4.78, 5) is 23.3. The van der Waals surface area contributed by atoms with E-state index in [0.29, 0.717) is 13.2 Å². The number of amides is 1. The van der Waals surface area contributed by atoms with E-state index < -0.39 is 0 Å². The molecular formula is C21H27N5O2. The zero-order valence-electron chi connectivity index (χ0n) is 16.1. The first-order chi connectivity index (χ1) is 13.8. The van der Waals surface area contributed by atoms with Crippen molar-refractivity contribution >= 4 is 23.2 Å². The molecule has 1 aromatic carbocycles. The summed E-state index contributed by atoms with van der Waals surface area (Å²) < 4.78 is 5.44. The highest BCUT2D eigenvalue weighted by Gasteiger charge is 2.23. The normalized spacial score (nSPS) is 19.4. The number of hydrogen-bond acceptors (Lipinski definition) is 6. The van der Waals surface area contributed by atoms with Crippen molar-refractivity contribution < 1.29 is 9.53 Å². The lowest BCUT2D eigenvalue weighted by Crippen LogP contribution is -2.30. The van der Waals surface area contributed by atoms with Gasteiger partial charge in [-0.2, -0.15) is 0 Å². The molecule has 2 fully saturated rings. The minimum atomic E-state index is -0.323. The Kier molecular flexibility index (Phi) is 6.01. The Morgan fingerprint density at radius 2 is 2.04 bits per heavy atom. The zero-order valence-corrected chi connectivity index (χ0v) is 16.1. The molecule has 0 spiro atoms. The Bertz CT molecular complexity index is 801. The molecule has 2 N–H and O–H groups in total. The molecule has 2 saturated heterocycles. The van der Waals surface area contributed by atoms with Crippen molar-refractivity contribution in [2.75, 3.05) is 35.2 Å². The van der Waals surface area contributed by atoms with Crippen molar-refractivity contribution in [3.8, 4) is 0 Å². The van der Waals surface area contributed by atoms with Crippen molar-refractivity contribution in [1.29, 1.82) is 0 Å². The monoisotopic (exact) mass is 381 g/mol. The van der Waals surface area contributed by atoms with Crippen molar-refractivity contribution in [3.63, 3.8) is 0 Å². The third kappa shape index (κ3) is 4.78. The summed E-state index contributed by atoms with van der Waals surface area (Å²) in [6.45, 7) is 3.41. The predicted molar refractivity (Wildman–Crippen MR) is 109 cm³/mol. The number of benzene rings is 1. The third-order valence-electron chi connectivity index (χ3n) is 5.22. The van der Waals surface area contributed by atoms with Crippen LogP contribution in [0.1, 0.15) is 37.7 Å². The van der Waals surface area contributed by atoms with Crippen molar-refractivity contribution in [1.82, 2.24) is 9.97 Å². The fraction of sp³-hybridized carbons (Fsp3) is 0.476. The van der Waals surface area contributed by atoms with Gasteiger partial charge in [-0.3, -0.25) is 4.79 Å². The third-order valence-corrected chi connectivity index (χ3v) is 5.22. The molecule has 7 heteroatoms. The lowest BCUT2D eigenvalue weighted by molar-refractivity contribution is -0.124. The van der Waals surface area contributed by atoms with Gasteiger partial charge >= 0.3 is 0 Å². The minimum absolute atomic E-state index is 0.0652. The summed E-state index contributed by atoms with van der Waals surface area (Å²) in [6.07, 6.45) is 6.77. The molecule has 2 aromatic rings. The summed E-state index contributed by atoms with van der Waals surface area (Å²) in [6, 6.07) is 9.86. The van der Waals surface area contributed by atoms with Gasteiger partial charge in [0.15, 0.2) is 0 Å². The van der Waals surface area contributed by atoms with Crippen LogP contribution in [0.15, 0.2) is 36.7 Å². The first kappa shape index (κ1) is 18.7. The number of aromatic nitrogens is 2. The van der Waals surface area contributed by atoms with E-state index in [0.717, 1.165) is 48.8 Å². The lowest BCUT2D eigenvalue weighted by atomic mass is 10.1. The Morgan fingerprint density at radius 1 is 1.14 bits per heavy atom. The van der Waals surface area contributed by atoms with Crippen LogP contribution in [0.4, 0.5) is 17.3 Å². The van der Waals surface area contributed by atoms with E-state index in [2.05, 4.69) is 25.5 Å². The highest BCUT2D eigenvalue weighted by atomic mass is 16.5. The number of rotatable bonds is 6. The van der Waals surface area contributed by atoms with Gasteiger partial charge in [0.1, 0.15) is 24.1 Å². The molecule has 28 heavy (non-hydrogen) atoms. The van der Waals surface area contributed by atoms with Gasteiger partial charge in [0.2, 0.25) is 0 Å². The molecule has 3 heterocycles. The van der Waals surface area contributed by atoms with E-state index in [1.54, 1.807) is 6.33 Å². The molecule has 7 nitrogen and oxygen atoms in total. The van der Waals surface area contributed by atoms with Gasteiger partial charge in [0.25, 0.3) is 5.91 Å². The second kappa shape index (κ2) is 9.01. The fourth-order valence-electron chi connectivity index (χ4n) is 3.70. The first-order valence-corrected chi connectivity index (χ1v) is 10.1. The molecule has 2 aliphatic rings. The summed E-state index contributed by atoms with van der Waals surface area (Å²) in [5.41, 5.74) is 1.86. The van der Waals surface area contributed by atoms with Crippen LogP contribution in [0.5, 0.6) is 0 Å². The molecule has 1 atom stereocenters. The van der Waals surface area contributed by atoms with Crippen LogP contribution < -0.4 is 15.5 Å². The second-order valence-corrected chi connectivity index (χ2v) is 7.35. The maximum atomic E-state index is 12.2. The standard InChI is InChI=1S/C21H27N5O2/c27-21(18-8-5-11-28-18)25-17-7-4-6-16(12-17)14-22-19-13-20(24-15-23-19)26-9-2-1-3-10-26/h4,6-7,12-13,15,18H,1-3,5,8-11,14H2,(H,25,27)(H,22,23,24). The van der Waals surface area contributed by atoms with Crippen LogP contribution in [0, 0.1) is 0 Å². The van der Waals surface area contributed by atoms with Gasteiger partial charge in [-0.1, -0.05) is 12.1 Å². The van der Waals surface area contributed by atoms with Gasteiger partial charge in [-0.05, 0) is 49.8 Å². The summed E-state index contributed by atoms with van der Waals surface area (Å²) in [7, 11) is 0. The van der Waals surface area contributed by atoms with Gasteiger partial charge in [-0.15, -0.1) is 0 Å². The zero-order chi connectivity index (χ0) is 19.2. The summed E-state index contributed by atoms with van der Waals surface area (Å²) >= 11 is 0. The average molecular weight is 381 g/mol. The minimum Gasteiger partial charge on any atom is -0.368 e. The molecule has 4 rings (SSSR count). The van der Waals surface area contributed by atoms with Crippen LogP contribution in [-0.2, 0) is 16.1 Å². The first-order valence-electron chi connectivity index (χ1n) is 10.1. The number of anilines is 3. The molecule has 1 unspecified atom stereocenters. The quantitative estimate of drug-likeness (QED) is 0.800. The van der Waals surface area contributed by atoms with Crippen LogP contribution in [0.2, 0.25) is 0 Å². The second-order valence-electron chi connectivity index (χ2n) is 7.35. The smallest absolute Gasteiger partial charge is 0.253 e. The predicted octanol–water partition coefficient (Wildman–Crippen LogP) is 3.20. The Labute approximate surface area is 165 Å². The molecule has 2 aliphatic heterocycles. The number of nitrogens with one attached hydrogen (secondary N) is 2. The largest absolute Gasteiger partial charge is 0.368 e. The average Bonchev–Trinajstić information content (AvgIpc) is 3.29. The van der Waals surface area contributed by atoms with Crippen molar-refractivity contribution in [2.45, 2.75) is 44.8 Å². The van der Waals surface area contributed by atoms with Crippen LogP contribution in [-0.4, -0.2) is 41.7 Å². The highest BCUT2D eigenvalue weighted by Crippen LogP contribution is 2.20. The topological polar surface area (TPSA) is 79.4 Å². The van der Waals surface area contributed by atoms with Crippen molar-refractivity contribution in [3.05, 3.63) is 42.2 Å². The van der Waals surface area contributed by atoms with Gasteiger partial charge in [0.05, 0.1) is 0 Å². The van der Waals surface area contributed by atoms with Crippen LogP contribution in [0.25, 0.3) is 0 Å². The number of ether oxygens (including phenoxy) is 1. The maximum absolute atomic E-state index is 12.2. The Hall–Kier alpha value is -2.67. The van der Waals surface area contributed by atoms with E-state index in [4.69, 9.17) is 4.74 Å². The molecular weight excluding hydrogens is 354 g/mol. The highest BCUT2D eigenvalue weighted by molar-refractivity contribution is 5.94. The molecule has 148 valence electrons. The molecule has 1 aromatic heterocycles. The number of piperidine rings is 1. The van der Waals surface area contributed by atoms with Gasteiger partial charge < -0.3 is 20.3 Å². The molecule has 0 radical (unpaired) electrons. The van der Waals surface area contributed by atoms with E-state index in [-0.39, 0.29) is 12.0 Å². The van der Waals surface area contributed by atoms with E-state index >= 15 is 0 Å². The molecule has 1 amide bonds. The lowest BCUT2D eigenvalue weighted by Gasteiger charge is -2.27.